The van der Waals surface area contributed by atoms with E-state index in [-0.39, 0.29) is 0 Å². The second kappa shape index (κ2) is 4.88. The Morgan fingerprint density at radius 1 is 1.20 bits per heavy atom. The van der Waals surface area contributed by atoms with Crippen LogP contribution in [0.5, 0.6) is 0 Å². The molecule has 0 bridgehead atoms. The van der Waals surface area contributed by atoms with Crippen LogP contribution in [0.15, 0.2) is 24.3 Å². The molecular formula is C17H23N3. The van der Waals surface area contributed by atoms with Gasteiger partial charge in [0, 0.05) is 30.9 Å². The maximum atomic E-state index is 4.75. The summed E-state index contributed by atoms with van der Waals surface area (Å²) in [6.45, 7) is 0. The van der Waals surface area contributed by atoms with Crippen LogP contribution in [0.25, 0.3) is 10.9 Å². The molecule has 3 unspecified atom stereocenters. The Labute approximate surface area is 120 Å². The fraction of sp³-hybridized carbons (Fsp3) is 0.588. The van der Waals surface area contributed by atoms with Crippen molar-refractivity contribution in [3.8, 4) is 0 Å². The first-order chi connectivity index (χ1) is 9.81. The van der Waals surface area contributed by atoms with E-state index < -0.39 is 0 Å². The largest absolute Gasteiger partial charge is 0.311 e. The zero-order chi connectivity index (χ0) is 13.5. The van der Waals surface area contributed by atoms with Gasteiger partial charge in [-0.15, -0.1) is 0 Å². The first kappa shape index (κ1) is 12.4. The van der Waals surface area contributed by atoms with Crippen LogP contribution in [0.4, 0.5) is 0 Å². The lowest BCUT2D eigenvalue weighted by Crippen LogP contribution is -2.46. The Morgan fingerprint density at radius 2 is 2.10 bits per heavy atom. The van der Waals surface area contributed by atoms with Crippen molar-refractivity contribution >= 4 is 10.9 Å². The quantitative estimate of drug-likeness (QED) is 0.908. The highest BCUT2D eigenvalue weighted by molar-refractivity contribution is 5.81. The molecule has 4 rings (SSSR count). The second-order valence-corrected chi connectivity index (χ2v) is 6.53. The molecule has 2 aliphatic rings. The number of rotatable bonds is 2. The van der Waals surface area contributed by atoms with Crippen LogP contribution in [0, 0.1) is 5.92 Å². The van der Waals surface area contributed by atoms with Gasteiger partial charge in [-0.1, -0.05) is 24.6 Å². The fourth-order valence-electron chi connectivity index (χ4n) is 4.24. The van der Waals surface area contributed by atoms with Crippen LogP contribution < -0.4 is 5.32 Å². The average Bonchev–Trinajstić information content (AvgIpc) is 3.05. The fourth-order valence-corrected chi connectivity index (χ4v) is 4.24. The Morgan fingerprint density at radius 3 is 3.05 bits per heavy atom. The third kappa shape index (κ3) is 2.05. The van der Waals surface area contributed by atoms with E-state index in [9.17, 15) is 0 Å². The van der Waals surface area contributed by atoms with Crippen LogP contribution in [0.2, 0.25) is 0 Å². The molecule has 0 radical (unpaired) electrons. The first-order valence-corrected chi connectivity index (χ1v) is 7.98. The summed E-state index contributed by atoms with van der Waals surface area (Å²) in [5, 5.41) is 9.96. The minimum Gasteiger partial charge on any atom is -0.311 e. The molecule has 1 aromatic heterocycles. The first-order valence-electron chi connectivity index (χ1n) is 7.98. The third-order valence-corrected chi connectivity index (χ3v) is 5.27. The molecule has 0 spiro atoms. The summed E-state index contributed by atoms with van der Waals surface area (Å²) in [4.78, 5) is 0. The van der Waals surface area contributed by atoms with Crippen molar-refractivity contribution in [3.05, 3.63) is 30.0 Å². The molecule has 2 heterocycles. The van der Waals surface area contributed by atoms with E-state index in [2.05, 4.69) is 29.6 Å². The molecular weight excluding hydrogens is 246 g/mol. The van der Waals surface area contributed by atoms with Gasteiger partial charge in [0.05, 0.1) is 11.2 Å². The number of benzene rings is 1. The Balaban J connectivity index is 1.56. The lowest BCUT2D eigenvalue weighted by atomic mass is 9.88. The zero-order valence-electron chi connectivity index (χ0n) is 12.2. The van der Waals surface area contributed by atoms with Gasteiger partial charge in [0.1, 0.15) is 0 Å². The minimum absolute atomic E-state index is 0.618. The van der Waals surface area contributed by atoms with Crippen molar-refractivity contribution in [1.82, 2.24) is 15.1 Å². The molecule has 20 heavy (non-hydrogen) atoms. The molecule has 1 aromatic carbocycles. The van der Waals surface area contributed by atoms with Gasteiger partial charge >= 0.3 is 0 Å². The summed E-state index contributed by atoms with van der Waals surface area (Å²) in [5.41, 5.74) is 2.51. The summed E-state index contributed by atoms with van der Waals surface area (Å²) in [6, 6.07) is 9.98. The second-order valence-electron chi connectivity index (χ2n) is 6.53. The number of para-hydroxylation sites is 1. The average molecular weight is 269 g/mol. The SMILES string of the molecule is Cn1nc(CC2CCC3CCCC3N2)c2ccccc21. The normalized spacial score (nSPS) is 29.8. The Bertz CT molecular complexity index is 616. The number of nitrogens with zero attached hydrogens (tertiary/aromatic N) is 2. The standard InChI is InChI=1S/C17H23N3/c1-20-17-8-3-2-6-14(17)16(19-20)11-13-10-9-12-5-4-7-15(12)18-13/h2-3,6,8,12-13,15,18H,4-5,7,9-11H2,1H3. The number of aryl methyl sites for hydroxylation is 1. The van der Waals surface area contributed by atoms with E-state index in [1.807, 2.05) is 11.7 Å². The highest BCUT2D eigenvalue weighted by atomic mass is 15.3. The summed E-state index contributed by atoms with van der Waals surface area (Å²) >= 11 is 0. The van der Waals surface area contributed by atoms with Crippen LogP contribution in [0.3, 0.4) is 0 Å². The predicted molar refractivity (Wildman–Crippen MR) is 81.7 cm³/mol. The summed E-state index contributed by atoms with van der Waals surface area (Å²) < 4.78 is 2.02. The highest BCUT2D eigenvalue weighted by Gasteiger charge is 2.33. The maximum absolute atomic E-state index is 4.75. The topological polar surface area (TPSA) is 29.9 Å². The van der Waals surface area contributed by atoms with Gasteiger partial charge in [0.2, 0.25) is 0 Å². The van der Waals surface area contributed by atoms with E-state index in [0.29, 0.717) is 6.04 Å². The molecule has 3 heteroatoms. The molecule has 1 saturated carbocycles. The molecule has 3 atom stereocenters. The number of hydrogen-bond acceptors (Lipinski definition) is 2. The minimum atomic E-state index is 0.618. The van der Waals surface area contributed by atoms with Gasteiger partial charge < -0.3 is 5.32 Å². The number of nitrogens with one attached hydrogen (secondary N) is 1. The lowest BCUT2D eigenvalue weighted by molar-refractivity contribution is 0.256. The van der Waals surface area contributed by atoms with E-state index >= 15 is 0 Å². The number of hydrogen-bond donors (Lipinski definition) is 1. The van der Waals surface area contributed by atoms with E-state index in [0.717, 1.165) is 18.4 Å². The van der Waals surface area contributed by atoms with Gasteiger partial charge in [-0.3, -0.25) is 4.68 Å². The Hall–Kier alpha value is -1.35. The molecule has 2 fully saturated rings. The van der Waals surface area contributed by atoms with Gasteiger partial charge in [-0.25, -0.2) is 0 Å². The van der Waals surface area contributed by atoms with Crippen molar-refractivity contribution in [3.63, 3.8) is 0 Å². The molecule has 1 N–H and O–H groups in total. The van der Waals surface area contributed by atoms with Crippen molar-refractivity contribution in [2.24, 2.45) is 13.0 Å². The zero-order valence-corrected chi connectivity index (χ0v) is 12.2. The number of fused-ring (bicyclic) bond motifs is 2. The van der Waals surface area contributed by atoms with Crippen LogP contribution in [0.1, 0.15) is 37.8 Å². The van der Waals surface area contributed by atoms with Crippen LogP contribution in [-0.4, -0.2) is 21.9 Å². The summed E-state index contributed by atoms with van der Waals surface area (Å²) in [6.07, 6.45) is 8.03. The van der Waals surface area contributed by atoms with Crippen molar-refractivity contribution in [2.45, 2.75) is 50.6 Å². The predicted octanol–water partition coefficient (Wildman–Crippen LogP) is 3.04. The molecule has 106 valence electrons. The van der Waals surface area contributed by atoms with Gasteiger partial charge in [-0.2, -0.15) is 5.10 Å². The molecule has 3 nitrogen and oxygen atoms in total. The monoisotopic (exact) mass is 269 g/mol. The summed E-state index contributed by atoms with van der Waals surface area (Å²) in [7, 11) is 2.05. The number of piperidine rings is 1. The van der Waals surface area contributed by atoms with Crippen LogP contribution in [-0.2, 0) is 13.5 Å². The third-order valence-electron chi connectivity index (χ3n) is 5.27. The molecule has 1 aliphatic carbocycles. The molecule has 1 saturated heterocycles. The Kier molecular flexibility index (Phi) is 3.03. The smallest absolute Gasteiger partial charge is 0.0718 e. The highest BCUT2D eigenvalue weighted by Crippen LogP contribution is 2.34. The van der Waals surface area contributed by atoms with E-state index in [4.69, 9.17) is 5.10 Å². The molecule has 0 amide bonds. The van der Waals surface area contributed by atoms with Crippen molar-refractivity contribution in [2.75, 3.05) is 0 Å². The summed E-state index contributed by atoms with van der Waals surface area (Å²) in [5.74, 6) is 0.951. The van der Waals surface area contributed by atoms with Crippen molar-refractivity contribution in [1.29, 1.82) is 0 Å². The maximum Gasteiger partial charge on any atom is 0.0718 e. The van der Waals surface area contributed by atoms with E-state index in [1.165, 1.54) is 48.7 Å². The van der Waals surface area contributed by atoms with Gasteiger partial charge in [-0.05, 0) is 37.7 Å². The van der Waals surface area contributed by atoms with E-state index in [1.54, 1.807) is 0 Å². The van der Waals surface area contributed by atoms with Gasteiger partial charge in [0.15, 0.2) is 0 Å². The van der Waals surface area contributed by atoms with Crippen molar-refractivity contribution < 1.29 is 0 Å². The van der Waals surface area contributed by atoms with Gasteiger partial charge in [0.25, 0.3) is 0 Å². The number of aromatic nitrogens is 2. The molecule has 1 aliphatic heterocycles. The van der Waals surface area contributed by atoms with Crippen LogP contribution >= 0.6 is 0 Å². The molecule has 2 aromatic rings. The lowest BCUT2D eigenvalue weighted by Gasteiger charge is -2.33.